The van der Waals surface area contributed by atoms with Gasteiger partial charge in [0.1, 0.15) is 5.75 Å². The molecule has 0 unspecified atom stereocenters. The van der Waals surface area contributed by atoms with Crippen molar-refractivity contribution < 1.29 is 22.7 Å². The minimum absolute atomic E-state index is 0.0260. The van der Waals surface area contributed by atoms with Crippen LogP contribution in [0.1, 0.15) is 15.9 Å². The Bertz CT molecular complexity index is 444. The molecule has 0 saturated carbocycles. The van der Waals surface area contributed by atoms with Gasteiger partial charge in [0.25, 0.3) is 0 Å². The highest BCUT2D eigenvalue weighted by Gasteiger charge is 2.36. The molecule has 7 heteroatoms. The Kier molecular flexibility index (Phi) is 4.60. The largest absolute Gasteiger partial charge is 0.495 e. The van der Waals surface area contributed by atoms with Gasteiger partial charge in [0.05, 0.1) is 22.5 Å². The molecule has 1 aromatic rings. The van der Waals surface area contributed by atoms with Gasteiger partial charge in [-0.1, -0.05) is 15.9 Å². The number of halogens is 5. The van der Waals surface area contributed by atoms with Gasteiger partial charge in [-0.15, -0.1) is 0 Å². The van der Waals surface area contributed by atoms with E-state index in [-0.39, 0.29) is 21.1 Å². The fraction of sp³-hybridized carbons (Fsp3) is 0.300. The lowest BCUT2D eigenvalue weighted by Gasteiger charge is -2.14. The second-order valence-corrected chi connectivity index (χ2v) is 4.51. The van der Waals surface area contributed by atoms with Gasteiger partial charge in [-0.3, -0.25) is 4.79 Å². The summed E-state index contributed by atoms with van der Waals surface area (Å²) >= 11 is 5.86. The number of carbonyl (C=O) groups excluding carboxylic acids is 1. The van der Waals surface area contributed by atoms with E-state index in [4.69, 9.17) is 0 Å². The first-order chi connectivity index (χ1) is 7.81. The summed E-state index contributed by atoms with van der Waals surface area (Å²) in [5, 5.41) is -0.0386. The molecule has 0 spiro atoms. The Morgan fingerprint density at radius 1 is 1.41 bits per heavy atom. The first-order valence-electron chi connectivity index (χ1n) is 4.35. The zero-order chi connectivity index (χ0) is 13.2. The van der Waals surface area contributed by atoms with Crippen LogP contribution in [0.2, 0.25) is 0 Å². The normalized spacial score (nSPS) is 11.4. The third kappa shape index (κ3) is 3.22. The smallest absolute Gasteiger partial charge is 0.420 e. The van der Waals surface area contributed by atoms with Crippen LogP contribution in [-0.2, 0) is 6.18 Å². The van der Waals surface area contributed by atoms with Crippen molar-refractivity contribution in [3.63, 3.8) is 0 Å². The predicted octanol–water partition coefficient (Wildman–Crippen LogP) is 4.05. The highest BCUT2D eigenvalue weighted by Crippen LogP contribution is 2.41. The SMILES string of the molecule is COc1c(Br)cc(C(=O)CBr)cc1C(F)(F)F. The molecular formula is C10H7Br2F3O2. The zero-order valence-corrected chi connectivity index (χ0v) is 11.7. The highest BCUT2D eigenvalue weighted by molar-refractivity contribution is 9.10. The minimum Gasteiger partial charge on any atom is -0.495 e. The number of methoxy groups -OCH3 is 1. The molecule has 0 amide bonds. The number of ketones is 1. The number of carbonyl (C=O) groups is 1. The molecule has 0 bridgehead atoms. The van der Waals surface area contributed by atoms with Gasteiger partial charge in [0, 0.05) is 5.56 Å². The third-order valence-corrected chi connectivity index (χ3v) is 3.09. The molecule has 0 aliphatic rings. The van der Waals surface area contributed by atoms with Crippen LogP contribution in [0.25, 0.3) is 0 Å². The average molecular weight is 376 g/mol. The van der Waals surface area contributed by atoms with Crippen LogP contribution in [-0.4, -0.2) is 18.2 Å². The van der Waals surface area contributed by atoms with Crippen LogP contribution >= 0.6 is 31.9 Å². The Morgan fingerprint density at radius 3 is 2.41 bits per heavy atom. The summed E-state index contributed by atoms with van der Waals surface area (Å²) in [6, 6.07) is 2.09. The maximum Gasteiger partial charge on any atom is 0.420 e. The van der Waals surface area contributed by atoms with Gasteiger partial charge in [0.15, 0.2) is 5.78 Å². The second-order valence-electron chi connectivity index (χ2n) is 3.09. The van der Waals surface area contributed by atoms with E-state index < -0.39 is 17.5 Å². The third-order valence-electron chi connectivity index (χ3n) is 2.00. The van der Waals surface area contributed by atoms with E-state index in [1.807, 2.05) is 0 Å². The van der Waals surface area contributed by atoms with Crippen molar-refractivity contribution in [2.24, 2.45) is 0 Å². The molecule has 0 aromatic heterocycles. The van der Waals surface area contributed by atoms with Gasteiger partial charge in [-0.25, -0.2) is 0 Å². The molecule has 0 aliphatic heterocycles. The molecule has 17 heavy (non-hydrogen) atoms. The quantitative estimate of drug-likeness (QED) is 0.588. The Morgan fingerprint density at radius 2 is 2.00 bits per heavy atom. The monoisotopic (exact) mass is 374 g/mol. The first kappa shape index (κ1) is 14.5. The molecule has 1 rings (SSSR count). The van der Waals surface area contributed by atoms with E-state index in [0.717, 1.165) is 13.2 Å². The van der Waals surface area contributed by atoms with Crippen molar-refractivity contribution in [1.82, 2.24) is 0 Å². The van der Waals surface area contributed by atoms with Crippen LogP contribution < -0.4 is 4.74 Å². The molecule has 0 radical (unpaired) electrons. The summed E-state index contributed by atoms with van der Waals surface area (Å²) in [7, 11) is 1.14. The fourth-order valence-corrected chi connectivity index (χ4v) is 2.20. The lowest BCUT2D eigenvalue weighted by Crippen LogP contribution is -2.11. The van der Waals surface area contributed by atoms with Gasteiger partial charge in [0.2, 0.25) is 0 Å². The van der Waals surface area contributed by atoms with E-state index in [1.54, 1.807) is 0 Å². The Balaban J connectivity index is 3.44. The second kappa shape index (κ2) is 5.39. The summed E-state index contributed by atoms with van der Waals surface area (Å²) < 4.78 is 43.0. The molecule has 0 aliphatic carbocycles. The summed E-state index contributed by atoms with van der Waals surface area (Å²) in [4.78, 5) is 11.4. The average Bonchev–Trinajstić information content (AvgIpc) is 2.25. The molecule has 0 fully saturated rings. The summed E-state index contributed by atoms with van der Waals surface area (Å²) in [6.07, 6.45) is -4.57. The van der Waals surface area contributed by atoms with Crippen LogP contribution in [0, 0.1) is 0 Å². The van der Waals surface area contributed by atoms with Crippen molar-refractivity contribution >= 4 is 37.6 Å². The van der Waals surface area contributed by atoms with Crippen molar-refractivity contribution in [1.29, 1.82) is 0 Å². The van der Waals surface area contributed by atoms with E-state index in [1.165, 1.54) is 6.07 Å². The van der Waals surface area contributed by atoms with E-state index in [0.29, 0.717) is 0 Å². The maximum atomic E-state index is 12.7. The summed E-state index contributed by atoms with van der Waals surface area (Å²) in [5.74, 6) is -0.762. The Labute approximate surface area is 112 Å². The zero-order valence-electron chi connectivity index (χ0n) is 8.57. The van der Waals surface area contributed by atoms with Gasteiger partial charge >= 0.3 is 6.18 Å². The molecule has 0 N–H and O–H groups in total. The van der Waals surface area contributed by atoms with E-state index in [2.05, 4.69) is 36.6 Å². The van der Waals surface area contributed by atoms with Crippen molar-refractivity contribution in [3.8, 4) is 5.75 Å². The number of alkyl halides is 4. The van der Waals surface area contributed by atoms with Gasteiger partial charge in [-0.2, -0.15) is 13.2 Å². The van der Waals surface area contributed by atoms with Crippen LogP contribution in [0.3, 0.4) is 0 Å². The fourth-order valence-electron chi connectivity index (χ4n) is 1.25. The number of Topliss-reactive ketones (excluding diaryl/α,β-unsaturated/α-hetero) is 1. The van der Waals surface area contributed by atoms with E-state index in [9.17, 15) is 18.0 Å². The van der Waals surface area contributed by atoms with E-state index >= 15 is 0 Å². The topological polar surface area (TPSA) is 26.3 Å². The number of benzene rings is 1. The lowest BCUT2D eigenvalue weighted by molar-refractivity contribution is -0.138. The lowest BCUT2D eigenvalue weighted by atomic mass is 10.1. The molecule has 0 atom stereocenters. The van der Waals surface area contributed by atoms with Crippen molar-refractivity contribution in [3.05, 3.63) is 27.7 Å². The van der Waals surface area contributed by atoms with Gasteiger partial charge in [-0.05, 0) is 28.1 Å². The van der Waals surface area contributed by atoms with Crippen LogP contribution in [0.15, 0.2) is 16.6 Å². The highest BCUT2D eigenvalue weighted by atomic mass is 79.9. The number of hydrogen-bond acceptors (Lipinski definition) is 2. The standard InChI is InChI=1S/C10H7Br2F3O2/c1-17-9-6(10(13,14)15)2-5(3-7(9)12)8(16)4-11/h2-3H,4H2,1H3. The van der Waals surface area contributed by atoms with Crippen molar-refractivity contribution in [2.75, 3.05) is 12.4 Å². The Hall–Kier alpha value is -0.560. The first-order valence-corrected chi connectivity index (χ1v) is 6.26. The number of ether oxygens (including phenoxy) is 1. The molecule has 0 heterocycles. The maximum absolute atomic E-state index is 12.7. The van der Waals surface area contributed by atoms with Crippen LogP contribution in [0.4, 0.5) is 13.2 Å². The molecule has 2 nitrogen and oxygen atoms in total. The van der Waals surface area contributed by atoms with Crippen molar-refractivity contribution in [2.45, 2.75) is 6.18 Å². The minimum atomic E-state index is -4.57. The van der Waals surface area contributed by atoms with Crippen LogP contribution in [0.5, 0.6) is 5.75 Å². The molecule has 94 valence electrons. The predicted molar refractivity (Wildman–Crippen MR) is 63.8 cm³/mol. The number of hydrogen-bond donors (Lipinski definition) is 0. The molecular weight excluding hydrogens is 369 g/mol. The summed E-state index contributed by atoms with van der Waals surface area (Å²) in [6.45, 7) is 0. The molecule has 1 aromatic carbocycles. The van der Waals surface area contributed by atoms with Gasteiger partial charge < -0.3 is 4.74 Å². The summed E-state index contributed by atoms with van der Waals surface area (Å²) in [5.41, 5.74) is -0.999. The molecule has 0 saturated heterocycles. The number of rotatable bonds is 3.